The van der Waals surface area contributed by atoms with Crippen LogP contribution in [0.4, 0.5) is 0 Å². The van der Waals surface area contributed by atoms with Gasteiger partial charge >= 0.3 is 0 Å². The number of primary sulfonamides is 1. The number of hydrogen-bond acceptors (Lipinski definition) is 7. The first-order valence-electron chi connectivity index (χ1n) is 5.30. The summed E-state index contributed by atoms with van der Waals surface area (Å²) in [6.45, 7) is 3.22. The van der Waals surface area contributed by atoms with Gasteiger partial charge in [-0.25, -0.2) is 27.0 Å². The van der Waals surface area contributed by atoms with Crippen LogP contribution in [0.2, 0.25) is 0 Å². The first-order chi connectivity index (χ1) is 9.12. The van der Waals surface area contributed by atoms with Crippen LogP contribution in [0.1, 0.15) is 11.4 Å². The summed E-state index contributed by atoms with van der Waals surface area (Å²) in [6.07, 6.45) is 1.34. The van der Waals surface area contributed by atoms with E-state index in [1.807, 2.05) is 0 Å². The standard InChI is InChI=1S/C10H11N3O4S3/c1-6-5-12-10(7(2)13-6)19(14,15)8-3-4-9(18-8)20(11,16)17/h3-5H,1-2H3,(H2,11,16,17). The van der Waals surface area contributed by atoms with E-state index in [2.05, 4.69) is 9.97 Å². The lowest BCUT2D eigenvalue weighted by molar-refractivity contribution is 0.592. The average Bonchev–Trinajstić information content (AvgIpc) is 2.77. The lowest BCUT2D eigenvalue weighted by Crippen LogP contribution is -2.10. The highest BCUT2D eigenvalue weighted by atomic mass is 32.3. The van der Waals surface area contributed by atoms with E-state index in [9.17, 15) is 16.8 Å². The summed E-state index contributed by atoms with van der Waals surface area (Å²) in [4.78, 5) is 7.91. The number of thiophene rings is 1. The first kappa shape index (κ1) is 15.0. The topological polar surface area (TPSA) is 120 Å². The Bertz CT molecular complexity index is 869. The van der Waals surface area contributed by atoms with Crippen LogP contribution < -0.4 is 5.14 Å². The van der Waals surface area contributed by atoms with Crippen LogP contribution in [-0.4, -0.2) is 26.8 Å². The van der Waals surface area contributed by atoms with Crippen molar-refractivity contribution >= 4 is 31.2 Å². The van der Waals surface area contributed by atoms with Gasteiger partial charge in [0.2, 0.25) is 19.9 Å². The molecule has 10 heteroatoms. The lowest BCUT2D eigenvalue weighted by Gasteiger charge is -2.04. The molecule has 0 aliphatic carbocycles. The second-order valence-corrected chi connectivity index (χ2v) is 8.99. The van der Waals surface area contributed by atoms with Crippen molar-refractivity contribution in [2.24, 2.45) is 5.14 Å². The molecule has 2 heterocycles. The van der Waals surface area contributed by atoms with Gasteiger partial charge in [-0.15, -0.1) is 11.3 Å². The fourth-order valence-electron chi connectivity index (χ4n) is 1.55. The van der Waals surface area contributed by atoms with E-state index in [0.717, 1.165) is 6.07 Å². The Balaban J connectivity index is 2.59. The van der Waals surface area contributed by atoms with E-state index >= 15 is 0 Å². The largest absolute Gasteiger partial charge is 0.254 e. The molecule has 2 aromatic heterocycles. The van der Waals surface area contributed by atoms with Gasteiger partial charge in [0.15, 0.2) is 5.03 Å². The maximum Gasteiger partial charge on any atom is 0.247 e. The minimum Gasteiger partial charge on any atom is -0.254 e. The number of aromatic nitrogens is 2. The molecule has 0 bridgehead atoms. The number of nitrogens with two attached hydrogens (primary N) is 1. The summed E-state index contributed by atoms with van der Waals surface area (Å²) >= 11 is 0.586. The zero-order valence-electron chi connectivity index (χ0n) is 10.6. The molecule has 0 aromatic carbocycles. The van der Waals surface area contributed by atoms with E-state index < -0.39 is 19.9 Å². The predicted molar refractivity (Wildman–Crippen MR) is 72.7 cm³/mol. The molecule has 0 unspecified atom stereocenters. The normalized spacial score (nSPS) is 12.6. The summed E-state index contributed by atoms with van der Waals surface area (Å²) in [6, 6.07) is 2.35. The van der Waals surface area contributed by atoms with E-state index in [1.54, 1.807) is 6.92 Å². The van der Waals surface area contributed by atoms with Crippen molar-refractivity contribution in [3.05, 3.63) is 29.7 Å². The van der Waals surface area contributed by atoms with Crippen molar-refractivity contribution in [1.29, 1.82) is 0 Å². The van der Waals surface area contributed by atoms with Crippen LogP contribution >= 0.6 is 11.3 Å². The van der Waals surface area contributed by atoms with Crippen molar-refractivity contribution in [2.75, 3.05) is 0 Å². The quantitative estimate of drug-likeness (QED) is 0.880. The van der Waals surface area contributed by atoms with Crippen LogP contribution in [0.5, 0.6) is 0 Å². The first-order valence-corrected chi connectivity index (χ1v) is 9.15. The zero-order valence-corrected chi connectivity index (χ0v) is 13.0. The molecule has 0 spiro atoms. The maximum absolute atomic E-state index is 12.4. The van der Waals surface area contributed by atoms with Gasteiger partial charge in [0, 0.05) is 6.20 Å². The molecular formula is C10H11N3O4S3. The number of aryl methyl sites for hydroxylation is 2. The molecule has 2 N–H and O–H groups in total. The van der Waals surface area contributed by atoms with Gasteiger partial charge in [0.1, 0.15) is 8.42 Å². The molecule has 2 aromatic rings. The monoisotopic (exact) mass is 333 g/mol. The third-order valence-electron chi connectivity index (χ3n) is 2.38. The number of nitrogens with zero attached hydrogens (tertiary/aromatic N) is 2. The maximum atomic E-state index is 12.4. The van der Waals surface area contributed by atoms with Gasteiger partial charge in [-0.3, -0.25) is 4.98 Å². The minimum atomic E-state index is -3.92. The van der Waals surface area contributed by atoms with Gasteiger partial charge in [-0.1, -0.05) is 0 Å². The van der Waals surface area contributed by atoms with E-state index in [-0.39, 0.29) is 19.1 Å². The molecule has 2 rings (SSSR count). The van der Waals surface area contributed by atoms with Crippen LogP contribution in [0.25, 0.3) is 0 Å². The molecule has 0 atom stereocenters. The summed E-state index contributed by atoms with van der Waals surface area (Å²) in [5.74, 6) is 0. The van der Waals surface area contributed by atoms with Gasteiger partial charge < -0.3 is 0 Å². The van der Waals surface area contributed by atoms with E-state index in [4.69, 9.17) is 5.14 Å². The summed E-state index contributed by atoms with van der Waals surface area (Å²) in [5, 5.41) is 4.77. The molecule has 0 saturated carbocycles. The fourth-order valence-corrected chi connectivity index (χ4v) is 5.18. The lowest BCUT2D eigenvalue weighted by atomic mass is 10.4. The van der Waals surface area contributed by atoms with Gasteiger partial charge in [0.05, 0.1) is 11.4 Å². The Hall–Kier alpha value is -1.36. The summed E-state index contributed by atoms with van der Waals surface area (Å²) in [7, 11) is -7.82. The van der Waals surface area contributed by atoms with Crippen LogP contribution in [0.3, 0.4) is 0 Å². The SMILES string of the molecule is Cc1cnc(S(=O)(=O)c2ccc(S(N)(=O)=O)s2)c(C)n1. The Morgan fingerprint density at radius 1 is 1.10 bits per heavy atom. The predicted octanol–water partition coefficient (Wildman–Crippen LogP) is 0.635. The molecule has 7 nitrogen and oxygen atoms in total. The van der Waals surface area contributed by atoms with Crippen LogP contribution in [0.15, 0.2) is 31.8 Å². The number of sulfone groups is 1. The Labute approximate surface area is 120 Å². The molecule has 20 heavy (non-hydrogen) atoms. The zero-order chi connectivity index (χ0) is 15.1. The van der Waals surface area contributed by atoms with Crippen LogP contribution in [-0.2, 0) is 19.9 Å². The number of rotatable bonds is 3. The molecular weight excluding hydrogens is 322 g/mol. The van der Waals surface area contributed by atoms with Crippen molar-refractivity contribution in [2.45, 2.75) is 27.3 Å². The third-order valence-corrected chi connectivity index (χ3v) is 7.18. The Kier molecular flexibility index (Phi) is 3.67. The Morgan fingerprint density at radius 3 is 2.20 bits per heavy atom. The second kappa shape index (κ2) is 4.88. The van der Waals surface area contributed by atoms with Gasteiger partial charge in [0.25, 0.3) is 0 Å². The summed E-state index contributed by atoms with van der Waals surface area (Å²) < 4.78 is 46.8. The molecule has 0 aliphatic rings. The van der Waals surface area contributed by atoms with Gasteiger partial charge in [-0.2, -0.15) is 0 Å². The highest BCUT2D eigenvalue weighted by Gasteiger charge is 2.26. The number of sulfonamides is 1. The van der Waals surface area contributed by atoms with Gasteiger partial charge in [-0.05, 0) is 26.0 Å². The smallest absolute Gasteiger partial charge is 0.247 e. The Morgan fingerprint density at radius 2 is 1.70 bits per heavy atom. The highest BCUT2D eigenvalue weighted by molar-refractivity contribution is 7.95. The fraction of sp³-hybridized carbons (Fsp3) is 0.200. The molecule has 108 valence electrons. The average molecular weight is 333 g/mol. The van der Waals surface area contributed by atoms with E-state index in [0.29, 0.717) is 17.0 Å². The highest BCUT2D eigenvalue weighted by Crippen LogP contribution is 2.29. The third kappa shape index (κ3) is 2.73. The number of hydrogen-bond donors (Lipinski definition) is 1. The molecule has 0 fully saturated rings. The molecule has 0 radical (unpaired) electrons. The van der Waals surface area contributed by atoms with Crippen molar-refractivity contribution in [3.8, 4) is 0 Å². The second-order valence-electron chi connectivity index (χ2n) is 4.02. The van der Waals surface area contributed by atoms with Crippen molar-refractivity contribution in [1.82, 2.24) is 9.97 Å². The molecule has 0 amide bonds. The van der Waals surface area contributed by atoms with Crippen molar-refractivity contribution in [3.63, 3.8) is 0 Å². The minimum absolute atomic E-state index is 0.136. The molecule has 0 aliphatic heterocycles. The summed E-state index contributed by atoms with van der Waals surface area (Å²) in [5.41, 5.74) is 0.855. The van der Waals surface area contributed by atoms with E-state index in [1.165, 1.54) is 19.2 Å². The van der Waals surface area contributed by atoms with Crippen molar-refractivity contribution < 1.29 is 16.8 Å². The van der Waals surface area contributed by atoms with Crippen LogP contribution in [0, 0.1) is 13.8 Å². The molecule has 0 saturated heterocycles.